The fraction of sp³-hybridized carbons (Fsp3) is 0.417. The number of halogens is 1. The Kier molecular flexibility index (Phi) is 5.41. The fourth-order valence-corrected chi connectivity index (χ4v) is 1.58. The predicted octanol–water partition coefficient (Wildman–Crippen LogP) is 1.62. The van der Waals surface area contributed by atoms with Gasteiger partial charge in [-0.05, 0) is 24.1 Å². The van der Waals surface area contributed by atoms with Gasteiger partial charge in [0.05, 0.1) is 7.11 Å². The summed E-state index contributed by atoms with van der Waals surface area (Å²) in [5.41, 5.74) is 6.97. The molecule has 17 heavy (non-hydrogen) atoms. The Hall–Kier alpha value is -1.10. The van der Waals surface area contributed by atoms with Gasteiger partial charge < -0.3 is 5.73 Å². The molecule has 0 aliphatic heterocycles. The first-order chi connectivity index (χ1) is 8.02. The number of carbonyl (C=O) groups excluding carboxylic acids is 1. The van der Waals surface area contributed by atoms with Crippen LogP contribution in [0.15, 0.2) is 24.3 Å². The first-order valence-electron chi connectivity index (χ1n) is 5.33. The molecule has 4 nitrogen and oxygen atoms in total. The van der Waals surface area contributed by atoms with E-state index in [1.165, 1.54) is 12.2 Å². The van der Waals surface area contributed by atoms with Crippen LogP contribution in [-0.2, 0) is 16.1 Å². The van der Waals surface area contributed by atoms with Gasteiger partial charge in [0.2, 0.25) is 5.91 Å². The normalized spacial score (nSPS) is 12.2. The highest BCUT2D eigenvalue weighted by Gasteiger charge is 2.13. The van der Waals surface area contributed by atoms with Crippen molar-refractivity contribution in [1.82, 2.24) is 5.06 Å². The van der Waals surface area contributed by atoms with Crippen LogP contribution in [0.4, 0.5) is 0 Å². The number of hydroxylamine groups is 2. The van der Waals surface area contributed by atoms with Crippen LogP contribution in [-0.4, -0.2) is 31.2 Å². The lowest BCUT2D eigenvalue weighted by molar-refractivity contribution is -0.169. The van der Waals surface area contributed by atoms with E-state index in [0.717, 1.165) is 5.56 Å². The van der Waals surface area contributed by atoms with E-state index >= 15 is 0 Å². The van der Waals surface area contributed by atoms with Gasteiger partial charge in [-0.2, -0.15) is 0 Å². The standard InChI is InChI=1S/C12H17ClN2O2/c1-15(17-2)12(16)8-11(14)7-9-3-5-10(13)6-4-9/h3-6,11H,7-8,14H2,1-2H3/t11-/m0/s1. The van der Waals surface area contributed by atoms with Gasteiger partial charge in [-0.1, -0.05) is 23.7 Å². The van der Waals surface area contributed by atoms with E-state index < -0.39 is 0 Å². The van der Waals surface area contributed by atoms with Gasteiger partial charge >= 0.3 is 0 Å². The number of amides is 1. The maximum absolute atomic E-state index is 11.5. The summed E-state index contributed by atoms with van der Waals surface area (Å²) >= 11 is 5.78. The molecule has 1 rings (SSSR count). The van der Waals surface area contributed by atoms with Gasteiger partial charge in [0, 0.05) is 24.5 Å². The van der Waals surface area contributed by atoms with Gasteiger partial charge in [-0.3, -0.25) is 9.63 Å². The molecule has 0 radical (unpaired) electrons. The maximum Gasteiger partial charge on any atom is 0.247 e. The molecule has 0 aromatic heterocycles. The van der Waals surface area contributed by atoms with Crippen molar-refractivity contribution in [3.8, 4) is 0 Å². The lowest BCUT2D eigenvalue weighted by atomic mass is 10.0. The van der Waals surface area contributed by atoms with E-state index in [0.29, 0.717) is 11.4 Å². The molecule has 1 atom stereocenters. The molecule has 0 saturated carbocycles. The predicted molar refractivity (Wildman–Crippen MR) is 67.5 cm³/mol. The highest BCUT2D eigenvalue weighted by Crippen LogP contribution is 2.11. The first-order valence-corrected chi connectivity index (χ1v) is 5.71. The van der Waals surface area contributed by atoms with Crippen LogP contribution < -0.4 is 5.73 Å². The van der Waals surface area contributed by atoms with Crippen LogP contribution in [0.1, 0.15) is 12.0 Å². The second-order valence-electron chi connectivity index (χ2n) is 3.87. The number of benzene rings is 1. The van der Waals surface area contributed by atoms with Gasteiger partial charge in [0.25, 0.3) is 0 Å². The Bertz CT molecular complexity index is 367. The van der Waals surface area contributed by atoms with Gasteiger partial charge in [-0.15, -0.1) is 0 Å². The molecule has 1 aromatic carbocycles. The highest BCUT2D eigenvalue weighted by molar-refractivity contribution is 6.30. The smallest absolute Gasteiger partial charge is 0.247 e. The molecule has 94 valence electrons. The summed E-state index contributed by atoms with van der Waals surface area (Å²) < 4.78 is 0. The molecular formula is C12H17ClN2O2. The molecule has 0 spiro atoms. The van der Waals surface area contributed by atoms with Crippen molar-refractivity contribution in [2.24, 2.45) is 5.73 Å². The van der Waals surface area contributed by atoms with E-state index in [4.69, 9.17) is 22.2 Å². The molecule has 0 saturated heterocycles. The zero-order chi connectivity index (χ0) is 12.8. The van der Waals surface area contributed by atoms with Crippen LogP contribution in [0, 0.1) is 0 Å². The number of hydrogen-bond acceptors (Lipinski definition) is 3. The summed E-state index contributed by atoms with van der Waals surface area (Å²) in [5.74, 6) is -0.131. The van der Waals surface area contributed by atoms with E-state index in [1.54, 1.807) is 7.05 Å². The van der Waals surface area contributed by atoms with Crippen molar-refractivity contribution >= 4 is 17.5 Å². The zero-order valence-corrected chi connectivity index (χ0v) is 10.8. The minimum Gasteiger partial charge on any atom is -0.327 e. The first kappa shape index (κ1) is 14.0. The SMILES string of the molecule is CON(C)C(=O)C[C@@H](N)Cc1ccc(Cl)cc1. The Morgan fingerprint density at radius 2 is 2.06 bits per heavy atom. The third-order valence-corrected chi connectivity index (χ3v) is 2.73. The molecular weight excluding hydrogens is 240 g/mol. The summed E-state index contributed by atoms with van der Waals surface area (Å²) in [6.45, 7) is 0. The molecule has 5 heteroatoms. The van der Waals surface area contributed by atoms with Crippen molar-refractivity contribution in [1.29, 1.82) is 0 Å². The molecule has 0 unspecified atom stereocenters. The monoisotopic (exact) mass is 256 g/mol. The van der Waals surface area contributed by atoms with Crippen LogP contribution in [0.5, 0.6) is 0 Å². The Balaban J connectivity index is 2.47. The van der Waals surface area contributed by atoms with Crippen LogP contribution >= 0.6 is 11.6 Å². The summed E-state index contributed by atoms with van der Waals surface area (Å²) in [6.07, 6.45) is 0.896. The molecule has 0 heterocycles. The highest BCUT2D eigenvalue weighted by atomic mass is 35.5. The minimum absolute atomic E-state index is 0.131. The van der Waals surface area contributed by atoms with Crippen molar-refractivity contribution in [3.05, 3.63) is 34.9 Å². The summed E-state index contributed by atoms with van der Waals surface area (Å²) in [5, 5.41) is 1.87. The Labute approximate surface area is 106 Å². The van der Waals surface area contributed by atoms with E-state index in [9.17, 15) is 4.79 Å². The van der Waals surface area contributed by atoms with Gasteiger partial charge in [0.15, 0.2) is 0 Å². The average Bonchev–Trinajstić information content (AvgIpc) is 2.30. The molecule has 0 fully saturated rings. The largest absolute Gasteiger partial charge is 0.327 e. The van der Waals surface area contributed by atoms with Crippen molar-refractivity contribution in [3.63, 3.8) is 0 Å². The van der Waals surface area contributed by atoms with Gasteiger partial charge in [-0.25, -0.2) is 5.06 Å². The van der Waals surface area contributed by atoms with Crippen LogP contribution in [0.25, 0.3) is 0 Å². The third-order valence-electron chi connectivity index (χ3n) is 2.47. The second kappa shape index (κ2) is 6.59. The molecule has 0 aliphatic carbocycles. The third kappa shape index (κ3) is 4.73. The summed E-state index contributed by atoms with van der Waals surface area (Å²) in [6, 6.07) is 7.22. The molecule has 0 bridgehead atoms. The Morgan fingerprint density at radius 1 is 1.47 bits per heavy atom. The number of hydrogen-bond donors (Lipinski definition) is 1. The number of nitrogens with two attached hydrogens (primary N) is 1. The van der Waals surface area contributed by atoms with E-state index in [1.807, 2.05) is 24.3 Å². The van der Waals surface area contributed by atoms with E-state index in [-0.39, 0.29) is 18.4 Å². The zero-order valence-electron chi connectivity index (χ0n) is 10.0. The molecule has 0 aliphatic rings. The number of carbonyl (C=O) groups is 1. The average molecular weight is 257 g/mol. The molecule has 1 aromatic rings. The number of rotatable bonds is 5. The number of nitrogens with zero attached hydrogens (tertiary/aromatic N) is 1. The van der Waals surface area contributed by atoms with Crippen molar-refractivity contribution < 1.29 is 9.63 Å². The second-order valence-corrected chi connectivity index (χ2v) is 4.31. The molecule has 1 amide bonds. The fourth-order valence-electron chi connectivity index (χ4n) is 1.45. The maximum atomic E-state index is 11.5. The molecule has 2 N–H and O–H groups in total. The van der Waals surface area contributed by atoms with Crippen LogP contribution in [0.3, 0.4) is 0 Å². The quantitative estimate of drug-likeness (QED) is 0.815. The topological polar surface area (TPSA) is 55.6 Å². The minimum atomic E-state index is -0.221. The lowest BCUT2D eigenvalue weighted by Gasteiger charge is -2.17. The summed E-state index contributed by atoms with van der Waals surface area (Å²) in [4.78, 5) is 16.3. The van der Waals surface area contributed by atoms with Gasteiger partial charge in [0.1, 0.15) is 0 Å². The van der Waals surface area contributed by atoms with Crippen molar-refractivity contribution in [2.45, 2.75) is 18.9 Å². The summed E-state index contributed by atoms with van der Waals surface area (Å²) in [7, 11) is 3.01. The van der Waals surface area contributed by atoms with Crippen molar-refractivity contribution in [2.75, 3.05) is 14.2 Å². The lowest BCUT2D eigenvalue weighted by Crippen LogP contribution is -2.33. The Morgan fingerprint density at radius 3 is 2.59 bits per heavy atom. The van der Waals surface area contributed by atoms with E-state index in [2.05, 4.69) is 0 Å². The van der Waals surface area contributed by atoms with Crippen LogP contribution in [0.2, 0.25) is 5.02 Å².